The van der Waals surface area contributed by atoms with Gasteiger partial charge in [-0.1, -0.05) is 24.3 Å². The number of benzene rings is 2. The summed E-state index contributed by atoms with van der Waals surface area (Å²) in [6.45, 7) is 7.72. The highest BCUT2D eigenvalue weighted by Crippen LogP contribution is 2.37. The van der Waals surface area contributed by atoms with Crippen molar-refractivity contribution >= 4 is 33.0 Å². The number of carbonyl (C=O) groups is 1. The van der Waals surface area contributed by atoms with Gasteiger partial charge in [0, 0.05) is 5.56 Å². The fourth-order valence-corrected chi connectivity index (χ4v) is 4.70. The summed E-state index contributed by atoms with van der Waals surface area (Å²) in [7, 11) is -3.43. The Kier molecular flexibility index (Phi) is 7.58. The van der Waals surface area contributed by atoms with Gasteiger partial charge in [-0.05, 0) is 68.5 Å². The van der Waals surface area contributed by atoms with Gasteiger partial charge in [0.05, 0.1) is 34.6 Å². The number of hydrogen-bond donors (Lipinski definition) is 1. The molecule has 1 heterocycles. The minimum absolute atomic E-state index is 0.310. The summed E-state index contributed by atoms with van der Waals surface area (Å²) in [6.07, 6.45) is 0. The van der Waals surface area contributed by atoms with E-state index in [1.165, 1.54) is 11.3 Å². The maximum atomic E-state index is 12.3. The molecule has 0 amide bonds. The summed E-state index contributed by atoms with van der Waals surface area (Å²) < 4.78 is 38.1. The van der Waals surface area contributed by atoms with Crippen molar-refractivity contribution in [2.24, 2.45) is 0 Å². The van der Waals surface area contributed by atoms with E-state index in [2.05, 4.69) is 4.72 Å². The van der Waals surface area contributed by atoms with E-state index in [1.54, 1.807) is 39.0 Å². The first-order valence-electron chi connectivity index (χ1n) is 10.4. The Hall–Kier alpha value is -2.84. The molecule has 0 spiro atoms. The zero-order valence-electron chi connectivity index (χ0n) is 18.5. The normalized spacial score (nSPS) is 11.4. The summed E-state index contributed by atoms with van der Waals surface area (Å²) >= 11 is 1.47. The topological polar surface area (TPSA) is 81.7 Å². The maximum absolute atomic E-state index is 12.3. The van der Waals surface area contributed by atoms with Crippen molar-refractivity contribution < 1.29 is 22.7 Å². The van der Waals surface area contributed by atoms with E-state index in [4.69, 9.17) is 9.47 Å². The second-order valence-electron chi connectivity index (χ2n) is 7.30. The fourth-order valence-electron chi connectivity index (χ4n) is 3.06. The lowest BCUT2D eigenvalue weighted by Crippen LogP contribution is -2.22. The van der Waals surface area contributed by atoms with Crippen LogP contribution in [0.25, 0.3) is 21.6 Å². The Morgan fingerprint density at radius 3 is 2.31 bits per heavy atom. The SMILES string of the molecule is CCOC(=O)c1ccc(-c2ccc(-c3sccc3NS(=O)(=O)C(C)C)cc2)c(OCC)c1. The molecule has 3 aromatic rings. The van der Waals surface area contributed by atoms with Crippen LogP contribution < -0.4 is 9.46 Å². The molecule has 0 saturated carbocycles. The molecule has 0 bridgehead atoms. The predicted octanol–water partition coefficient (Wildman–Crippen LogP) is 5.81. The van der Waals surface area contributed by atoms with Gasteiger partial charge in [0.2, 0.25) is 10.0 Å². The first-order valence-corrected chi connectivity index (χ1v) is 12.8. The third-order valence-corrected chi connectivity index (χ3v) is 7.50. The second kappa shape index (κ2) is 10.2. The van der Waals surface area contributed by atoms with Crippen LogP contribution in [0.4, 0.5) is 5.69 Å². The Morgan fingerprint density at radius 1 is 1.00 bits per heavy atom. The molecule has 170 valence electrons. The van der Waals surface area contributed by atoms with Gasteiger partial charge in [0.1, 0.15) is 5.75 Å². The highest BCUT2D eigenvalue weighted by Gasteiger charge is 2.19. The van der Waals surface area contributed by atoms with Gasteiger partial charge in [-0.15, -0.1) is 11.3 Å². The number of carbonyl (C=O) groups excluding carboxylic acids is 1. The first kappa shape index (κ1) is 23.8. The molecule has 0 unspecified atom stereocenters. The van der Waals surface area contributed by atoms with Crippen LogP contribution in [0.3, 0.4) is 0 Å². The smallest absolute Gasteiger partial charge is 0.338 e. The van der Waals surface area contributed by atoms with Crippen molar-refractivity contribution in [3.63, 3.8) is 0 Å². The fraction of sp³-hybridized carbons (Fsp3) is 0.292. The molecule has 0 radical (unpaired) electrons. The quantitative estimate of drug-likeness (QED) is 0.397. The van der Waals surface area contributed by atoms with E-state index >= 15 is 0 Å². The van der Waals surface area contributed by atoms with E-state index in [0.717, 1.165) is 21.6 Å². The summed E-state index contributed by atoms with van der Waals surface area (Å²) in [4.78, 5) is 12.9. The van der Waals surface area contributed by atoms with Crippen LogP contribution in [0.2, 0.25) is 0 Å². The number of hydrogen-bond acceptors (Lipinski definition) is 6. The Balaban J connectivity index is 1.92. The molecule has 8 heteroatoms. The lowest BCUT2D eigenvalue weighted by atomic mass is 10.0. The minimum atomic E-state index is -3.43. The van der Waals surface area contributed by atoms with Crippen LogP contribution in [-0.4, -0.2) is 32.9 Å². The van der Waals surface area contributed by atoms with Gasteiger partial charge in [-0.2, -0.15) is 0 Å². The Morgan fingerprint density at radius 2 is 1.69 bits per heavy atom. The molecular weight excluding hydrogens is 446 g/mol. The average Bonchev–Trinajstić information content (AvgIpc) is 3.21. The standard InChI is InChI=1S/C24H27NO5S2/c1-5-29-22-15-19(24(26)30-6-2)11-12-20(22)17-7-9-18(10-8-17)23-21(13-14-31-23)25-32(27,28)16(3)4/h7-16,25H,5-6H2,1-4H3. The molecule has 6 nitrogen and oxygen atoms in total. The molecule has 0 saturated heterocycles. The average molecular weight is 474 g/mol. The molecule has 2 aromatic carbocycles. The summed E-state index contributed by atoms with van der Waals surface area (Å²) in [6, 6.07) is 14.8. The highest BCUT2D eigenvalue weighted by molar-refractivity contribution is 7.93. The van der Waals surface area contributed by atoms with Crippen LogP contribution >= 0.6 is 11.3 Å². The van der Waals surface area contributed by atoms with E-state index < -0.39 is 15.3 Å². The molecule has 1 aromatic heterocycles. The van der Waals surface area contributed by atoms with Gasteiger partial charge in [0.25, 0.3) is 0 Å². The maximum Gasteiger partial charge on any atom is 0.338 e. The van der Waals surface area contributed by atoms with Crippen molar-refractivity contribution in [3.8, 4) is 27.3 Å². The van der Waals surface area contributed by atoms with Crippen LogP contribution in [-0.2, 0) is 14.8 Å². The van der Waals surface area contributed by atoms with Crippen LogP contribution in [0.5, 0.6) is 5.75 Å². The number of thiophene rings is 1. The van der Waals surface area contributed by atoms with E-state index in [-0.39, 0.29) is 5.97 Å². The van der Waals surface area contributed by atoms with Gasteiger partial charge >= 0.3 is 5.97 Å². The molecule has 32 heavy (non-hydrogen) atoms. The van der Waals surface area contributed by atoms with Crippen LogP contribution in [0, 0.1) is 0 Å². The molecule has 0 aliphatic carbocycles. The number of nitrogens with one attached hydrogen (secondary N) is 1. The Bertz CT molecular complexity index is 1180. The van der Waals surface area contributed by atoms with Crippen LogP contribution in [0.1, 0.15) is 38.1 Å². The molecular formula is C24H27NO5S2. The summed E-state index contributed by atoms with van der Waals surface area (Å²) in [5, 5.41) is 1.34. The largest absolute Gasteiger partial charge is 0.493 e. The lowest BCUT2D eigenvalue weighted by molar-refractivity contribution is 0.0526. The molecule has 0 aliphatic rings. The summed E-state index contributed by atoms with van der Waals surface area (Å²) in [5.74, 6) is 0.219. The highest BCUT2D eigenvalue weighted by atomic mass is 32.2. The third-order valence-electron chi connectivity index (χ3n) is 4.79. The van der Waals surface area contributed by atoms with E-state index in [0.29, 0.717) is 30.2 Å². The minimum Gasteiger partial charge on any atom is -0.493 e. The number of rotatable bonds is 9. The molecule has 0 aliphatic heterocycles. The van der Waals surface area contributed by atoms with Gasteiger partial charge < -0.3 is 9.47 Å². The van der Waals surface area contributed by atoms with Crippen molar-refractivity contribution in [1.29, 1.82) is 0 Å². The van der Waals surface area contributed by atoms with Crippen LogP contribution in [0.15, 0.2) is 53.9 Å². The van der Waals surface area contributed by atoms with Gasteiger partial charge in [-0.3, -0.25) is 4.72 Å². The molecule has 0 fully saturated rings. The lowest BCUT2D eigenvalue weighted by Gasteiger charge is -2.13. The molecule has 0 atom stereocenters. The third kappa shape index (κ3) is 5.31. The monoisotopic (exact) mass is 473 g/mol. The Labute approximate surface area is 193 Å². The van der Waals surface area contributed by atoms with Crippen molar-refractivity contribution in [2.45, 2.75) is 32.9 Å². The van der Waals surface area contributed by atoms with Gasteiger partial charge in [0.15, 0.2) is 0 Å². The second-order valence-corrected chi connectivity index (χ2v) is 10.5. The number of ether oxygens (including phenoxy) is 2. The number of anilines is 1. The zero-order valence-corrected chi connectivity index (χ0v) is 20.2. The predicted molar refractivity (Wildman–Crippen MR) is 130 cm³/mol. The summed E-state index contributed by atoms with van der Waals surface area (Å²) in [5.41, 5.74) is 3.71. The van der Waals surface area contributed by atoms with E-state index in [9.17, 15) is 13.2 Å². The number of sulfonamides is 1. The molecule has 3 rings (SSSR count). The number of esters is 1. The first-order chi connectivity index (χ1) is 15.3. The van der Waals surface area contributed by atoms with E-state index in [1.807, 2.05) is 42.6 Å². The van der Waals surface area contributed by atoms with Crippen molar-refractivity contribution in [1.82, 2.24) is 0 Å². The van der Waals surface area contributed by atoms with Gasteiger partial charge in [-0.25, -0.2) is 13.2 Å². The molecule has 1 N–H and O–H groups in total. The van der Waals surface area contributed by atoms with Crippen molar-refractivity contribution in [3.05, 3.63) is 59.5 Å². The zero-order chi connectivity index (χ0) is 23.3. The van der Waals surface area contributed by atoms with Crippen molar-refractivity contribution in [2.75, 3.05) is 17.9 Å².